The molecular weight excluding hydrogens is 441 g/mol. The number of hydrogen-bond donors (Lipinski definition) is 0. The van der Waals surface area contributed by atoms with Crippen LogP contribution in [0.4, 0.5) is 10.2 Å². The summed E-state index contributed by atoms with van der Waals surface area (Å²) < 4.78 is 13.2. The van der Waals surface area contributed by atoms with Crippen molar-refractivity contribution in [2.75, 3.05) is 51.2 Å². The van der Waals surface area contributed by atoms with Gasteiger partial charge in [0.2, 0.25) is 0 Å². The molecule has 0 spiro atoms. The summed E-state index contributed by atoms with van der Waals surface area (Å²) >= 11 is 0. The number of anilines is 1. The molecule has 0 saturated carbocycles. The minimum atomic E-state index is -0.229. The lowest BCUT2D eigenvalue weighted by molar-refractivity contribution is 0.0705. The summed E-state index contributed by atoms with van der Waals surface area (Å²) in [5.74, 6) is 0.926. The van der Waals surface area contributed by atoms with E-state index in [1.165, 1.54) is 12.1 Å². The van der Waals surface area contributed by atoms with Gasteiger partial charge >= 0.3 is 0 Å². The fourth-order valence-corrected chi connectivity index (χ4v) is 4.98. The van der Waals surface area contributed by atoms with E-state index in [2.05, 4.69) is 27.9 Å². The molecule has 1 amide bonds. The maximum atomic E-state index is 13.4. The largest absolute Gasteiger partial charge is 0.354 e. The van der Waals surface area contributed by atoms with Gasteiger partial charge in [-0.15, -0.1) is 0 Å². The van der Waals surface area contributed by atoms with Gasteiger partial charge in [-0.05, 0) is 61.9 Å². The molecule has 1 atom stereocenters. The lowest BCUT2D eigenvalue weighted by atomic mass is 9.93. The molecule has 0 unspecified atom stereocenters. The average molecular weight is 474 g/mol. The average Bonchev–Trinajstić information content (AvgIpc) is 2.90. The van der Waals surface area contributed by atoms with Crippen molar-refractivity contribution in [1.82, 2.24) is 19.8 Å². The van der Waals surface area contributed by atoms with Gasteiger partial charge in [0, 0.05) is 74.8 Å². The van der Waals surface area contributed by atoms with Gasteiger partial charge in [-0.3, -0.25) is 9.78 Å². The number of aromatic nitrogens is 2. The molecule has 7 heteroatoms. The zero-order valence-electron chi connectivity index (χ0n) is 20.2. The van der Waals surface area contributed by atoms with E-state index in [-0.39, 0.29) is 17.6 Å². The van der Waals surface area contributed by atoms with E-state index in [1.807, 2.05) is 29.2 Å². The third-order valence-corrected chi connectivity index (χ3v) is 7.07. The van der Waals surface area contributed by atoms with Crippen LogP contribution in [0.1, 0.15) is 46.1 Å². The topological polar surface area (TPSA) is 52.6 Å². The first kappa shape index (κ1) is 23.4. The van der Waals surface area contributed by atoms with Gasteiger partial charge in [0.05, 0.1) is 0 Å². The van der Waals surface area contributed by atoms with E-state index in [0.29, 0.717) is 18.5 Å². The van der Waals surface area contributed by atoms with Crippen LogP contribution in [0.3, 0.4) is 0 Å². The molecule has 6 nitrogen and oxygen atoms in total. The standard InChI is InChI=1S/C28H32FN5O/c1-32-14-16-33(17-15-32)27-19-22(11-12-30-27)28(35)34-13-3-4-23(20-34)26-6-2-5-25(31-26)18-21-7-9-24(29)10-8-21/h2,5-12,19,23H,3-4,13-18,20H2,1H3/t23-/m0/s1. The number of likely N-dealkylation sites (tertiary alicyclic amines) is 1. The number of carbonyl (C=O) groups is 1. The van der Waals surface area contributed by atoms with Gasteiger partial charge in [0.1, 0.15) is 11.6 Å². The van der Waals surface area contributed by atoms with Crippen LogP contribution in [0.5, 0.6) is 0 Å². The number of rotatable bonds is 5. The highest BCUT2D eigenvalue weighted by molar-refractivity contribution is 5.95. The van der Waals surface area contributed by atoms with Gasteiger partial charge in [-0.1, -0.05) is 18.2 Å². The number of likely N-dealkylation sites (N-methyl/N-ethyl adjacent to an activating group) is 1. The predicted molar refractivity (Wildman–Crippen MR) is 135 cm³/mol. The van der Waals surface area contributed by atoms with Crippen LogP contribution in [0.25, 0.3) is 0 Å². The Morgan fingerprint density at radius 3 is 2.63 bits per heavy atom. The molecule has 1 aromatic carbocycles. The molecule has 2 saturated heterocycles. The smallest absolute Gasteiger partial charge is 0.254 e. The second-order valence-electron chi connectivity index (χ2n) is 9.64. The first-order valence-corrected chi connectivity index (χ1v) is 12.4. The fraction of sp³-hybridized carbons (Fsp3) is 0.393. The van der Waals surface area contributed by atoms with Gasteiger partial charge in [0.25, 0.3) is 5.91 Å². The van der Waals surface area contributed by atoms with Crippen LogP contribution < -0.4 is 4.90 Å². The molecule has 0 radical (unpaired) electrons. The Bertz CT molecular complexity index is 1160. The third-order valence-electron chi connectivity index (χ3n) is 7.07. The van der Waals surface area contributed by atoms with Crippen molar-refractivity contribution in [3.63, 3.8) is 0 Å². The number of carbonyl (C=O) groups excluding carboxylic acids is 1. The molecule has 0 N–H and O–H groups in total. The summed E-state index contributed by atoms with van der Waals surface area (Å²) in [6.45, 7) is 5.27. The van der Waals surface area contributed by atoms with E-state index in [4.69, 9.17) is 4.98 Å². The first-order valence-electron chi connectivity index (χ1n) is 12.4. The zero-order chi connectivity index (χ0) is 24.2. The zero-order valence-corrected chi connectivity index (χ0v) is 20.2. The van der Waals surface area contributed by atoms with Crippen LogP contribution in [-0.2, 0) is 6.42 Å². The Hall–Kier alpha value is -3.32. The fourth-order valence-electron chi connectivity index (χ4n) is 4.98. The van der Waals surface area contributed by atoms with Crippen molar-refractivity contribution in [1.29, 1.82) is 0 Å². The first-order chi connectivity index (χ1) is 17.0. The summed E-state index contributed by atoms with van der Waals surface area (Å²) in [4.78, 5) is 29.4. The van der Waals surface area contributed by atoms with Crippen LogP contribution in [0.15, 0.2) is 60.8 Å². The molecule has 2 fully saturated rings. The third kappa shape index (κ3) is 5.68. The normalized spacial score (nSPS) is 19.1. The predicted octanol–water partition coefficient (Wildman–Crippen LogP) is 3.98. The van der Waals surface area contributed by atoms with Crippen LogP contribution >= 0.6 is 0 Å². The van der Waals surface area contributed by atoms with E-state index in [9.17, 15) is 9.18 Å². The van der Waals surface area contributed by atoms with Gasteiger partial charge in [-0.2, -0.15) is 0 Å². The molecule has 3 aromatic rings. The highest BCUT2D eigenvalue weighted by Gasteiger charge is 2.27. The number of piperidine rings is 1. The molecule has 2 aliphatic heterocycles. The molecule has 35 heavy (non-hydrogen) atoms. The van der Waals surface area contributed by atoms with Crippen molar-refractivity contribution in [3.05, 3.63) is 89.1 Å². The Morgan fingerprint density at radius 2 is 1.83 bits per heavy atom. The van der Waals surface area contributed by atoms with Crippen LogP contribution in [0, 0.1) is 5.82 Å². The van der Waals surface area contributed by atoms with E-state index in [0.717, 1.165) is 68.3 Å². The van der Waals surface area contributed by atoms with Crippen molar-refractivity contribution >= 4 is 11.7 Å². The van der Waals surface area contributed by atoms with Gasteiger partial charge < -0.3 is 14.7 Å². The summed E-state index contributed by atoms with van der Waals surface area (Å²) in [7, 11) is 2.13. The van der Waals surface area contributed by atoms with E-state index < -0.39 is 0 Å². The second-order valence-corrected chi connectivity index (χ2v) is 9.64. The number of nitrogens with zero attached hydrogens (tertiary/aromatic N) is 5. The van der Waals surface area contributed by atoms with Crippen LogP contribution in [-0.4, -0.2) is 72.0 Å². The Balaban J connectivity index is 1.26. The Morgan fingerprint density at radius 1 is 1.03 bits per heavy atom. The summed E-state index contributed by atoms with van der Waals surface area (Å²) in [5.41, 5.74) is 3.72. The molecular formula is C28H32FN5O. The SMILES string of the molecule is CN1CCN(c2cc(C(=O)N3CCC[C@H](c4cccc(Cc5ccc(F)cc5)n4)C3)ccn2)CC1. The highest BCUT2D eigenvalue weighted by Crippen LogP contribution is 2.27. The number of benzene rings is 1. The molecule has 2 aliphatic rings. The second kappa shape index (κ2) is 10.5. The molecule has 5 rings (SSSR count). The van der Waals surface area contributed by atoms with Crippen molar-refractivity contribution < 1.29 is 9.18 Å². The molecule has 4 heterocycles. The van der Waals surface area contributed by atoms with Crippen LogP contribution in [0.2, 0.25) is 0 Å². The lowest BCUT2D eigenvalue weighted by Crippen LogP contribution is -2.45. The summed E-state index contributed by atoms with van der Waals surface area (Å²) in [6.07, 6.45) is 4.38. The number of piperazine rings is 1. The van der Waals surface area contributed by atoms with Gasteiger partial charge in [-0.25, -0.2) is 9.37 Å². The molecule has 0 aliphatic carbocycles. The number of pyridine rings is 2. The van der Waals surface area contributed by atoms with Crippen molar-refractivity contribution in [2.45, 2.75) is 25.2 Å². The lowest BCUT2D eigenvalue weighted by Gasteiger charge is -2.34. The maximum Gasteiger partial charge on any atom is 0.254 e. The summed E-state index contributed by atoms with van der Waals surface area (Å²) in [5, 5.41) is 0. The van der Waals surface area contributed by atoms with Crippen molar-refractivity contribution in [2.24, 2.45) is 0 Å². The van der Waals surface area contributed by atoms with E-state index >= 15 is 0 Å². The number of amides is 1. The van der Waals surface area contributed by atoms with E-state index in [1.54, 1.807) is 18.3 Å². The number of hydrogen-bond acceptors (Lipinski definition) is 5. The minimum Gasteiger partial charge on any atom is -0.354 e. The molecule has 0 bridgehead atoms. The van der Waals surface area contributed by atoms with Gasteiger partial charge in [0.15, 0.2) is 0 Å². The number of halogens is 1. The monoisotopic (exact) mass is 473 g/mol. The van der Waals surface area contributed by atoms with Crippen molar-refractivity contribution in [3.8, 4) is 0 Å². The summed E-state index contributed by atoms with van der Waals surface area (Å²) in [6, 6.07) is 16.4. The molecule has 182 valence electrons. The Kier molecular flexibility index (Phi) is 7.04. The Labute approximate surface area is 206 Å². The minimum absolute atomic E-state index is 0.0648. The quantitative estimate of drug-likeness (QED) is 0.561. The molecule has 2 aromatic heterocycles. The highest BCUT2D eigenvalue weighted by atomic mass is 19.1. The maximum absolute atomic E-state index is 13.4.